The van der Waals surface area contributed by atoms with E-state index in [0.29, 0.717) is 6.04 Å². The van der Waals surface area contributed by atoms with Gasteiger partial charge < -0.3 is 0 Å². The van der Waals surface area contributed by atoms with Gasteiger partial charge in [-0.3, -0.25) is 4.90 Å². The quantitative estimate of drug-likeness (QED) is 0.414. The van der Waals surface area contributed by atoms with Crippen LogP contribution in [0.1, 0.15) is 82.7 Å². The summed E-state index contributed by atoms with van der Waals surface area (Å²) in [5, 5.41) is 0. The Morgan fingerprint density at radius 2 is 1.52 bits per heavy atom. The standard InChI is InChI=1S/C30H43N/c1-8-25-11-14-28(15-12-25)27(10-3)18-29-16-13-26(9-2)17-30(29)20-31-19-21(4)22(5)23(6)24(31)7/h11-18,21-24H,8-10,19-20H2,1-7H3/b27-18+. The van der Waals surface area contributed by atoms with E-state index in [0.717, 1.165) is 43.6 Å². The maximum atomic E-state index is 2.73. The molecular weight excluding hydrogens is 374 g/mol. The Bertz CT molecular complexity index is 876. The van der Waals surface area contributed by atoms with Crippen molar-refractivity contribution in [1.29, 1.82) is 0 Å². The minimum Gasteiger partial charge on any atom is -0.296 e. The van der Waals surface area contributed by atoms with Gasteiger partial charge in [-0.05, 0) is 77.3 Å². The number of piperidine rings is 1. The molecule has 0 aromatic heterocycles. The van der Waals surface area contributed by atoms with Gasteiger partial charge in [-0.25, -0.2) is 0 Å². The molecule has 4 atom stereocenters. The lowest BCUT2D eigenvalue weighted by molar-refractivity contribution is 0.0294. The van der Waals surface area contributed by atoms with Crippen molar-refractivity contribution < 1.29 is 0 Å². The van der Waals surface area contributed by atoms with Crippen molar-refractivity contribution in [2.24, 2.45) is 17.8 Å². The molecule has 1 heterocycles. The molecule has 2 aromatic carbocycles. The van der Waals surface area contributed by atoms with E-state index in [1.165, 1.54) is 39.9 Å². The summed E-state index contributed by atoms with van der Waals surface area (Å²) in [5.41, 5.74) is 8.50. The molecule has 0 spiro atoms. The van der Waals surface area contributed by atoms with Crippen molar-refractivity contribution in [1.82, 2.24) is 4.90 Å². The van der Waals surface area contributed by atoms with Gasteiger partial charge in [0.25, 0.3) is 0 Å². The third kappa shape index (κ3) is 5.50. The SMILES string of the molecule is CC/C(=C\c1ccc(CC)cc1CN1CC(C)C(C)C(C)C1C)c1ccc(CC)cc1. The van der Waals surface area contributed by atoms with Crippen LogP contribution in [0.5, 0.6) is 0 Å². The molecular formula is C30H43N. The van der Waals surface area contributed by atoms with Crippen LogP contribution in [0.15, 0.2) is 42.5 Å². The minimum atomic E-state index is 0.626. The highest BCUT2D eigenvalue weighted by molar-refractivity contribution is 5.82. The largest absolute Gasteiger partial charge is 0.296 e. The third-order valence-electron chi connectivity index (χ3n) is 8.02. The van der Waals surface area contributed by atoms with Crippen molar-refractivity contribution in [3.8, 4) is 0 Å². The molecule has 0 amide bonds. The molecule has 1 aliphatic heterocycles. The van der Waals surface area contributed by atoms with Crippen LogP contribution >= 0.6 is 0 Å². The summed E-state index contributed by atoms with van der Waals surface area (Å²) in [6.07, 6.45) is 5.68. The number of aryl methyl sites for hydroxylation is 2. The van der Waals surface area contributed by atoms with E-state index < -0.39 is 0 Å². The summed E-state index contributed by atoms with van der Waals surface area (Å²) in [7, 11) is 0. The van der Waals surface area contributed by atoms with Gasteiger partial charge in [-0.15, -0.1) is 0 Å². The summed E-state index contributed by atoms with van der Waals surface area (Å²) >= 11 is 0. The van der Waals surface area contributed by atoms with E-state index in [2.05, 4.69) is 102 Å². The van der Waals surface area contributed by atoms with Crippen LogP contribution in [0, 0.1) is 17.8 Å². The molecule has 1 heteroatoms. The van der Waals surface area contributed by atoms with E-state index in [4.69, 9.17) is 0 Å². The van der Waals surface area contributed by atoms with Gasteiger partial charge in [0.2, 0.25) is 0 Å². The number of hydrogen-bond donors (Lipinski definition) is 0. The topological polar surface area (TPSA) is 3.24 Å². The summed E-state index contributed by atoms with van der Waals surface area (Å²) in [5.74, 6) is 2.29. The highest BCUT2D eigenvalue weighted by Gasteiger charge is 2.34. The number of likely N-dealkylation sites (tertiary alicyclic amines) is 1. The molecule has 2 aromatic rings. The molecule has 0 saturated carbocycles. The summed E-state index contributed by atoms with van der Waals surface area (Å²) in [4.78, 5) is 2.73. The van der Waals surface area contributed by atoms with Gasteiger partial charge in [-0.1, -0.05) is 90.1 Å². The van der Waals surface area contributed by atoms with Gasteiger partial charge in [0, 0.05) is 19.1 Å². The Labute approximate surface area is 191 Å². The van der Waals surface area contributed by atoms with Crippen molar-refractivity contribution >= 4 is 11.6 Å². The lowest BCUT2D eigenvalue weighted by Gasteiger charge is -2.45. The maximum absolute atomic E-state index is 2.73. The highest BCUT2D eigenvalue weighted by atomic mass is 15.2. The molecule has 4 unspecified atom stereocenters. The Balaban J connectivity index is 1.94. The maximum Gasteiger partial charge on any atom is 0.0242 e. The zero-order chi connectivity index (χ0) is 22.5. The molecule has 0 bridgehead atoms. The summed E-state index contributed by atoms with van der Waals surface area (Å²) in [6, 6.07) is 16.9. The number of nitrogens with zero attached hydrogens (tertiary/aromatic N) is 1. The lowest BCUT2D eigenvalue weighted by Crippen LogP contribution is -2.49. The fraction of sp³-hybridized carbons (Fsp3) is 0.533. The van der Waals surface area contributed by atoms with Gasteiger partial charge in [-0.2, -0.15) is 0 Å². The third-order valence-corrected chi connectivity index (χ3v) is 8.02. The van der Waals surface area contributed by atoms with Gasteiger partial charge >= 0.3 is 0 Å². The average molecular weight is 418 g/mol. The molecule has 1 aliphatic rings. The predicted octanol–water partition coefficient (Wildman–Crippen LogP) is 7.87. The minimum absolute atomic E-state index is 0.626. The average Bonchev–Trinajstić information content (AvgIpc) is 2.80. The van der Waals surface area contributed by atoms with Crippen molar-refractivity contribution in [3.63, 3.8) is 0 Å². The number of rotatable bonds is 7. The molecule has 3 rings (SSSR count). The van der Waals surface area contributed by atoms with Crippen LogP contribution in [0.3, 0.4) is 0 Å². The molecule has 0 N–H and O–H groups in total. The Kier molecular flexibility index (Phi) is 8.17. The van der Waals surface area contributed by atoms with Gasteiger partial charge in [0.15, 0.2) is 0 Å². The summed E-state index contributed by atoms with van der Waals surface area (Å²) in [6.45, 7) is 18.7. The smallest absolute Gasteiger partial charge is 0.0242 e. The molecule has 0 aliphatic carbocycles. The first-order valence-electron chi connectivity index (χ1n) is 12.5. The number of allylic oxidation sites excluding steroid dienone is 1. The normalized spacial score (nSPS) is 25.1. The summed E-state index contributed by atoms with van der Waals surface area (Å²) < 4.78 is 0. The van der Waals surface area contributed by atoms with Crippen LogP contribution in [0.2, 0.25) is 0 Å². The number of hydrogen-bond acceptors (Lipinski definition) is 1. The first kappa shape index (κ1) is 23.8. The van der Waals surface area contributed by atoms with Gasteiger partial charge in [0.1, 0.15) is 0 Å². The second kappa shape index (κ2) is 10.6. The van der Waals surface area contributed by atoms with E-state index in [-0.39, 0.29) is 0 Å². The number of benzene rings is 2. The fourth-order valence-corrected chi connectivity index (χ4v) is 5.11. The molecule has 1 nitrogen and oxygen atoms in total. The van der Waals surface area contributed by atoms with Crippen molar-refractivity contribution in [2.75, 3.05) is 6.54 Å². The molecule has 168 valence electrons. The van der Waals surface area contributed by atoms with Crippen LogP contribution in [-0.2, 0) is 19.4 Å². The van der Waals surface area contributed by atoms with Crippen molar-refractivity contribution in [3.05, 3.63) is 70.3 Å². The Hall–Kier alpha value is -1.86. The van der Waals surface area contributed by atoms with E-state index >= 15 is 0 Å². The Morgan fingerprint density at radius 1 is 0.871 bits per heavy atom. The van der Waals surface area contributed by atoms with Crippen LogP contribution in [-0.4, -0.2) is 17.5 Å². The zero-order valence-corrected chi connectivity index (χ0v) is 20.9. The van der Waals surface area contributed by atoms with Crippen molar-refractivity contribution in [2.45, 2.75) is 80.3 Å². The second-order valence-corrected chi connectivity index (χ2v) is 9.83. The second-order valence-electron chi connectivity index (χ2n) is 9.83. The van der Waals surface area contributed by atoms with Gasteiger partial charge in [0.05, 0.1) is 0 Å². The molecule has 1 fully saturated rings. The Morgan fingerprint density at radius 3 is 2.13 bits per heavy atom. The van der Waals surface area contributed by atoms with E-state index in [1.807, 2.05) is 0 Å². The van der Waals surface area contributed by atoms with E-state index in [9.17, 15) is 0 Å². The zero-order valence-electron chi connectivity index (χ0n) is 20.9. The molecule has 1 saturated heterocycles. The van der Waals surface area contributed by atoms with Crippen LogP contribution in [0.25, 0.3) is 11.6 Å². The monoisotopic (exact) mass is 417 g/mol. The highest BCUT2D eigenvalue weighted by Crippen LogP contribution is 2.34. The van der Waals surface area contributed by atoms with E-state index in [1.54, 1.807) is 0 Å². The predicted molar refractivity (Wildman–Crippen MR) is 137 cm³/mol. The lowest BCUT2D eigenvalue weighted by atomic mass is 9.76. The molecule has 0 radical (unpaired) electrons. The first-order valence-corrected chi connectivity index (χ1v) is 12.5. The van der Waals surface area contributed by atoms with Crippen LogP contribution < -0.4 is 0 Å². The first-order chi connectivity index (χ1) is 14.9. The van der Waals surface area contributed by atoms with Crippen LogP contribution in [0.4, 0.5) is 0 Å². The molecule has 31 heavy (non-hydrogen) atoms. The fourth-order valence-electron chi connectivity index (χ4n) is 5.11.